The van der Waals surface area contributed by atoms with Crippen molar-refractivity contribution in [2.45, 2.75) is 44.1 Å². The second kappa shape index (κ2) is 8.71. The van der Waals surface area contributed by atoms with Gasteiger partial charge in [-0.3, -0.25) is 14.5 Å². The van der Waals surface area contributed by atoms with Crippen molar-refractivity contribution in [3.8, 4) is 0 Å². The molecule has 2 unspecified atom stereocenters. The van der Waals surface area contributed by atoms with Gasteiger partial charge in [0.1, 0.15) is 4.32 Å². The molecule has 5 nitrogen and oxygen atoms in total. The molecule has 0 aromatic heterocycles. The fraction of sp³-hybridized carbons (Fsp3) is 0.320. The molecule has 0 spiro atoms. The van der Waals surface area contributed by atoms with Gasteiger partial charge in [-0.25, -0.2) is 0 Å². The number of carboxylic acid groups (broad SMARTS) is 1. The number of fused-ring (bicyclic) bond motifs is 3. The average molecular weight is 465 g/mol. The van der Waals surface area contributed by atoms with Crippen LogP contribution in [0.1, 0.15) is 49.1 Å². The van der Waals surface area contributed by atoms with Gasteiger partial charge in [0, 0.05) is 34.8 Å². The second-order valence-corrected chi connectivity index (χ2v) is 10.2. The minimum Gasteiger partial charge on any atom is -0.481 e. The normalized spacial score (nSPS) is 23.6. The monoisotopic (exact) mass is 464 g/mol. The lowest BCUT2D eigenvalue weighted by Crippen LogP contribution is -2.38. The van der Waals surface area contributed by atoms with Crippen LogP contribution in [0.5, 0.6) is 0 Å². The first-order chi connectivity index (χ1) is 15.5. The van der Waals surface area contributed by atoms with Crippen LogP contribution in [-0.2, 0) is 9.59 Å². The van der Waals surface area contributed by atoms with E-state index in [-0.39, 0.29) is 25.3 Å². The number of anilines is 2. The number of thioether (sulfide) groups is 1. The molecule has 7 heteroatoms. The van der Waals surface area contributed by atoms with E-state index in [1.165, 1.54) is 52.9 Å². The third kappa shape index (κ3) is 3.95. The Hall–Kier alpha value is -2.64. The Labute approximate surface area is 197 Å². The van der Waals surface area contributed by atoms with Crippen molar-refractivity contribution in [2.24, 2.45) is 0 Å². The molecule has 1 N–H and O–H groups in total. The summed E-state index contributed by atoms with van der Waals surface area (Å²) < 4.78 is 0.431. The number of carboxylic acids is 1. The van der Waals surface area contributed by atoms with Gasteiger partial charge in [-0.1, -0.05) is 54.7 Å². The SMILES string of the molecule is O=C(O)CCN1C(=O)CC(=Cc2ccc3c(c2)C2CCCC2N3c2ccccc2)SC1=S. The molecule has 5 rings (SSSR count). The molecule has 1 saturated carbocycles. The number of amides is 1. The summed E-state index contributed by atoms with van der Waals surface area (Å²) in [5.74, 6) is -0.523. The number of hydrogen-bond acceptors (Lipinski definition) is 5. The van der Waals surface area contributed by atoms with E-state index in [0.717, 1.165) is 10.5 Å². The Balaban J connectivity index is 1.40. The predicted octanol–water partition coefficient (Wildman–Crippen LogP) is 5.54. The minimum atomic E-state index is -0.931. The quantitative estimate of drug-likeness (QED) is 0.586. The Morgan fingerprint density at radius 3 is 2.75 bits per heavy atom. The van der Waals surface area contributed by atoms with Crippen LogP contribution in [0.2, 0.25) is 0 Å². The first-order valence-electron chi connectivity index (χ1n) is 10.9. The first-order valence-corrected chi connectivity index (χ1v) is 12.2. The zero-order chi connectivity index (χ0) is 22.2. The van der Waals surface area contributed by atoms with Crippen LogP contribution in [0.15, 0.2) is 53.4 Å². The molecule has 0 bridgehead atoms. The molecular formula is C25H24N2O3S2. The summed E-state index contributed by atoms with van der Waals surface area (Å²) >= 11 is 6.78. The largest absolute Gasteiger partial charge is 0.481 e. The van der Waals surface area contributed by atoms with Crippen LogP contribution >= 0.6 is 24.0 Å². The topological polar surface area (TPSA) is 60.9 Å². The molecule has 2 fully saturated rings. The molecule has 2 aliphatic heterocycles. The number of benzene rings is 2. The number of nitrogens with zero attached hydrogens (tertiary/aromatic N) is 2. The van der Waals surface area contributed by atoms with Gasteiger partial charge in [0.25, 0.3) is 0 Å². The number of para-hydroxylation sites is 1. The van der Waals surface area contributed by atoms with Crippen LogP contribution in [-0.4, -0.2) is 38.8 Å². The lowest BCUT2D eigenvalue weighted by Gasteiger charge is -2.28. The number of thiocarbonyl (C=S) groups is 1. The standard InChI is InChI=1S/C25H24N2O3S2/c28-23-15-18(32-25(31)26(23)12-11-24(29)30)13-16-9-10-22-20(14-16)19-7-4-8-21(19)27(22)17-5-2-1-3-6-17/h1-3,5-6,9-10,13-14,19,21H,4,7-8,11-12,15H2,(H,29,30). The Morgan fingerprint density at radius 1 is 1.19 bits per heavy atom. The molecule has 2 atom stereocenters. The van der Waals surface area contributed by atoms with Crippen molar-refractivity contribution in [1.29, 1.82) is 0 Å². The van der Waals surface area contributed by atoms with Crippen molar-refractivity contribution >= 4 is 57.6 Å². The minimum absolute atomic E-state index is 0.100. The molecule has 1 saturated heterocycles. The summed E-state index contributed by atoms with van der Waals surface area (Å²) in [6.07, 6.45) is 5.86. The maximum absolute atomic E-state index is 12.5. The molecule has 32 heavy (non-hydrogen) atoms. The highest BCUT2D eigenvalue weighted by molar-refractivity contribution is 8.25. The summed E-state index contributed by atoms with van der Waals surface area (Å²) in [4.78, 5) is 28.2. The van der Waals surface area contributed by atoms with Crippen LogP contribution < -0.4 is 4.90 Å². The van der Waals surface area contributed by atoms with E-state index in [9.17, 15) is 9.59 Å². The highest BCUT2D eigenvalue weighted by atomic mass is 32.2. The fourth-order valence-corrected chi connectivity index (χ4v) is 6.56. The highest BCUT2D eigenvalue weighted by Crippen LogP contribution is 2.52. The lowest BCUT2D eigenvalue weighted by molar-refractivity contribution is -0.137. The van der Waals surface area contributed by atoms with Gasteiger partial charge < -0.3 is 10.0 Å². The first kappa shape index (κ1) is 21.2. The van der Waals surface area contributed by atoms with Gasteiger partial charge in [-0.15, -0.1) is 0 Å². The average Bonchev–Trinajstić information content (AvgIpc) is 3.34. The summed E-state index contributed by atoms with van der Waals surface area (Å²) in [5, 5.41) is 8.89. The molecule has 2 aromatic carbocycles. The second-order valence-electron chi connectivity index (χ2n) is 8.47. The zero-order valence-electron chi connectivity index (χ0n) is 17.6. The Kier molecular flexibility index (Phi) is 5.78. The van der Waals surface area contributed by atoms with Gasteiger partial charge in [-0.05, 0) is 54.3 Å². The molecule has 2 aromatic rings. The van der Waals surface area contributed by atoms with Crippen molar-refractivity contribution in [2.75, 3.05) is 11.4 Å². The van der Waals surface area contributed by atoms with Crippen LogP contribution in [0.4, 0.5) is 11.4 Å². The van der Waals surface area contributed by atoms with Gasteiger partial charge in [0.05, 0.1) is 12.8 Å². The maximum Gasteiger partial charge on any atom is 0.305 e. The number of hydrogen-bond donors (Lipinski definition) is 1. The molecule has 2 heterocycles. The molecule has 164 valence electrons. The van der Waals surface area contributed by atoms with Crippen LogP contribution in [0, 0.1) is 0 Å². The lowest BCUT2D eigenvalue weighted by atomic mass is 9.96. The van der Waals surface area contributed by atoms with Gasteiger partial charge in [-0.2, -0.15) is 0 Å². The zero-order valence-corrected chi connectivity index (χ0v) is 19.2. The van der Waals surface area contributed by atoms with E-state index in [4.69, 9.17) is 17.3 Å². The van der Waals surface area contributed by atoms with Gasteiger partial charge in [0.15, 0.2) is 0 Å². The molecule has 3 aliphatic rings. The van der Waals surface area contributed by atoms with Crippen molar-refractivity contribution in [3.63, 3.8) is 0 Å². The van der Waals surface area contributed by atoms with Gasteiger partial charge in [0.2, 0.25) is 5.91 Å². The summed E-state index contributed by atoms with van der Waals surface area (Å²) in [7, 11) is 0. The third-order valence-corrected chi connectivity index (χ3v) is 7.89. The number of aliphatic carboxylic acids is 1. The Morgan fingerprint density at radius 2 is 2.00 bits per heavy atom. The number of carbonyl (C=O) groups is 2. The predicted molar refractivity (Wildman–Crippen MR) is 132 cm³/mol. The van der Waals surface area contributed by atoms with E-state index in [0.29, 0.717) is 16.3 Å². The third-order valence-electron chi connectivity index (χ3n) is 6.50. The number of rotatable bonds is 5. The van der Waals surface area contributed by atoms with E-state index in [2.05, 4.69) is 59.5 Å². The summed E-state index contributed by atoms with van der Waals surface area (Å²) in [6, 6.07) is 17.7. The van der Waals surface area contributed by atoms with Gasteiger partial charge >= 0.3 is 5.97 Å². The Bertz CT molecular complexity index is 1100. The summed E-state index contributed by atoms with van der Waals surface area (Å²) in [5.41, 5.74) is 5.01. The van der Waals surface area contributed by atoms with E-state index >= 15 is 0 Å². The number of carbonyl (C=O) groups excluding carboxylic acids is 1. The van der Waals surface area contributed by atoms with Crippen molar-refractivity contribution < 1.29 is 14.7 Å². The smallest absolute Gasteiger partial charge is 0.305 e. The van der Waals surface area contributed by atoms with E-state index < -0.39 is 5.97 Å². The highest BCUT2D eigenvalue weighted by Gasteiger charge is 2.42. The maximum atomic E-state index is 12.5. The summed E-state index contributed by atoms with van der Waals surface area (Å²) in [6.45, 7) is 0.129. The molecular weight excluding hydrogens is 440 g/mol. The van der Waals surface area contributed by atoms with E-state index in [1.807, 2.05) is 0 Å². The fourth-order valence-electron chi connectivity index (χ4n) is 5.13. The molecule has 0 radical (unpaired) electrons. The molecule has 1 aliphatic carbocycles. The van der Waals surface area contributed by atoms with Crippen molar-refractivity contribution in [1.82, 2.24) is 4.90 Å². The van der Waals surface area contributed by atoms with Crippen molar-refractivity contribution in [3.05, 3.63) is 64.6 Å². The van der Waals surface area contributed by atoms with Crippen LogP contribution in [0.3, 0.4) is 0 Å². The van der Waals surface area contributed by atoms with Crippen LogP contribution in [0.25, 0.3) is 6.08 Å². The van der Waals surface area contributed by atoms with E-state index in [1.54, 1.807) is 0 Å². The molecule has 1 amide bonds.